The summed E-state index contributed by atoms with van der Waals surface area (Å²) in [5, 5.41) is 3.19. The third kappa shape index (κ3) is 4.47. The van der Waals surface area contributed by atoms with E-state index in [1.807, 2.05) is 12.1 Å². The Bertz CT molecular complexity index is 1020. The van der Waals surface area contributed by atoms with Crippen LogP contribution in [-0.4, -0.2) is 54.3 Å². The first-order chi connectivity index (χ1) is 14.6. The summed E-state index contributed by atoms with van der Waals surface area (Å²) < 4.78 is 10.6. The van der Waals surface area contributed by atoms with E-state index in [9.17, 15) is 4.79 Å². The number of nitrogens with zero attached hydrogens (tertiary/aromatic N) is 4. The molecule has 9 heteroatoms. The van der Waals surface area contributed by atoms with Crippen LogP contribution in [0.2, 0.25) is 0 Å². The van der Waals surface area contributed by atoms with Crippen molar-refractivity contribution in [1.29, 1.82) is 0 Å². The highest BCUT2D eigenvalue weighted by molar-refractivity contribution is 5.93. The van der Waals surface area contributed by atoms with E-state index in [-0.39, 0.29) is 6.01 Å². The Labute approximate surface area is 173 Å². The molecule has 0 atom stereocenters. The van der Waals surface area contributed by atoms with Gasteiger partial charge in [0, 0.05) is 35.6 Å². The van der Waals surface area contributed by atoms with Crippen LogP contribution in [-0.2, 0) is 4.74 Å². The first-order valence-electron chi connectivity index (χ1n) is 9.52. The Morgan fingerprint density at radius 3 is 2.37 bits per heavy atom. The quantitative estimate of drug-likeness (QED) is 0.640. The van der Waals surface area contributed by atoms with Crippen LogP contribution in [0.3, 0.4) is 0 Å². The number of hydrogen-bond acceptors (Lipinski definition) is 8. The summed E-state index contributed by atoms with van der Waals surface area (Å²) in [6.45, 7) is 3.26. The SMILES string of the molecule is COc1nc(Nc2ccc(N3CCOCC3)cc2)nc(-c2ccc(C(N)=O)cc2)n1. The summed E-state index contributed by atoms with van der Waals surface area (Å²) in [6, 6.07) is 15.0. The summed E-state index contributed by atoms with van der Waals surface area (Å²) >= 11 is 0. The molecule has 0 radical (unpaired) electrons. The van der Waals surface area contributed by atoms with Crippen molar-refractivity contribution >= 4 is 23.2 Å². The molecule has 0 unspecified atom stereocenters. The zero-order chi connectivity index (χ0) is 20.9. The maximum absolute atomic E-state index is 11.3. The maximum Gasteiger partial charge on any atom is 0.321 e. The molecule has 1 aromatic heterocycles. The van der Waals surface area contributed by atoms with E-state index >= 15 is 0 Å². The largest absolute Gasteiger partial charge is 0.467 e. The first kappa shape index (κ1) is 19.6. The van der Waals surface area contributed by atoms with Crippen molar-refractivity contribution in [1.82, 2.24) is 15.0 Å². The van der Waals surface area contributed by atoms with Gasteiger partial charge < -0.3 is 25.4 Å². The monoisotopic (exact) mass is 406 g/mol. The molecule has 154 valence electrons. The fourth-order valence-electron chi connectivity index (χ4n) is 3.12. The molecule has 2 aromatic carbocycles. The molecule has 4 rings (SSSR count). The summed E-state index contributed by atoms with van der Waals surface area (Å²) in [5.74, 6) is 0.290. The molecule has 1 aliphatic heterocycles. The van der Waals surface area contributed by atoms with Crippen molar-refractivity contribution in [3.8, 4) is 17.4 Å². The smallest absolute Gasteiger partial charge is 0.321 e. The number of primary amides is 1. The number of aromatic nitrogens is 3. The lowest BCUT2D eigenvalue weighted by Crippen LogP contribution is -2.36. The molecule has 2 heterocycles. The van der Waals surface area contributed by atoms with E-state index in [1.54, 1.807) is 24.3 Å². The van der Waals surface area contributed by atoms with Gasteiger partial charge in [-0.05, 0) is 36.4 Å². The number of nitrogens with one attached hydrogen (secondary N) is 1. The average Bonchev–Trinajstić information content (AvgIpc) is 2.80. The Morgan fingerprint density at radius 2 is 1.73 bits per heavy atom. The van der Waals surface area contributed by atoms with E-state index in [0.29, 0.717) is 22.9 Å². The maximum atomic E-state index is 11.3. The Balaban J connectivity index is 1.55. The van der Waals surface area contributed by atoms with Crippen molar-refractivity contribution < 1.29 is 14.3 Å². The molecule has 1 saturated heterocycles. The second-order valence-electron chi connectivity index (χ2n) is 6.68. The number of carbonyl (C=O) groups excluding carboxylic acids is 1. The fraction of sp³-hybridized carbons (Fsp3) is 0.238. The van der Waals surface area contributed by atoms with Gasteiger partial charge in [-0.1, -0.05) is 12.1 Å². The number of ether oxygens (including phenoxy) is 2. The van der Waals surface area contributed by atoms with Crippen LogP contribution in [0.1, 0.15) is 10.4 Å². The Hall–Kier alpha value is -3.72. The predicted molar refractivity (Wildman–Crippen MR) is 113 cm³/mol. The average molecular weight is 406 g/mol. The van der Waals surface area contributed by atoms with Crippen molar-refractivity contribution in [2.75, 3.05) is 43.6 Å². The van der Waals surface area contributed by atoms with Crippen molar-refractivity contribution in [3.63, 3.8) is 0 Å². The standard InChI is InChI=1S/C21H22N6O3/c1-29-21-25-19(15-4-2-14(3-5-15)18(22)28)24-20(26-21)23-16-6-8-17(9-7-16)27-10-12-30-13-11-27/h2-9H,10-13H2,1H3,(H2,22,28)(H,23,24,25,26). The van der Waals surface area contributed by atoms with Crippen molar-refractivity contribution in [3.05, 3.63) is 54.1 Å². The minimum absolute atomic E-state index is 0.186. The number of nitrogens with two attached hydrogens (primary N) is 1. The van der Waals surface area contributed by atoms with E-state index < -0.39 is 5.91 Å². The van der Waals surface area contributed by atoms with E-state index in [2.05, 4.69) is 37.3 Å². The Kier molecular flexibility index (Phi) is 5.71. The predicted octanol–water partition coefficient (Wildman–Crippen LogP) is 2.23. The minimum atomic E-state index is -0.488. The Morgan fingerprint density at radius 1 is 1.03 bits per heavy atom. The molecule has 3 aromatic rings. The lowest BCUT2D eigenvalue weighted by Gasteiger charge is -2.28. The highest BCUT2D eigenvalue weighted by atomic mass is 16.5. The normalized spacial score (nSPS) is 13.7. The van der Waals surface area contributed by atoms with Gasteiger partial charge in [-0.2, -0.15) is 15.0 Å². The summed E-state index contributed by atoms with van der Waals surface area (Å²) in [5.41, 5.74) is 8.42. The number of hydrogen-bond donors (Lipinski definition) is 2. The van der Waals surface area contributed by atoms with Gasteiger partial charge in [-0.3, -0.25) is 4.79 Å². The number of carbonyl (C=O) groups is 1. The van der Waals surface area contributed by atoms with Crippen LogP contribution in [0.4, 0.5) is 17.3 Å². The number of anilines is 3. The van der Waals surface area contributed by atoms with Gasteiger partial charge in [0.15, 0.2) is 5.82 Å². The molecule has 0 saturated carbocycles. The zero-order valence-corrected chi connectivity index (χ0v) is 16.5. The van der Waals surface area contributed by atoms with Gasteiger partial charge in [0.25, 0.3) is 0 Å². The van der Waals surface area contributed by atoms with Crippen LogP contribution in [0.25, 0.3) is 11.4 Å². The van der Waals surface area contributed by atoms with Crippen LogP contribution in [0.15, 0.2) is 48.5 Å². The van der Waals surface area contributed by atoms with Crippen LogP contribution >= 0.6 is 0 Å². The molecule has 0 bridgehead atoms. The lowest BCUT2D eigenvalue weighted by atomic mass is 10.1. The molecule has 9 nitrogen and oxygen atoms in total. The molecule has 3 N–H and O–H groups in total. The number of rotatable bonds is 6. The third-order valence-electron chi connectivity index (χ3n) is 4.72. The minimum Gasteiger partial charge on any atom is -0.467 e. The molecule has 1 fully saturated rings. The molecule has 1 amide bonds. The lowest BCUT2D eigenvalue weighted by molar-refractivity contribution is 0.100. The highest BCUT2D eigenvalue weighted by Crippen LogP contribution is 2.23. The third-order valence-corrected chi connectivity index (χ3v) is 4.72. The van der Waals surface area contributed by atoms with E-state index in [0.717, 1.165) is 37.7 Å². The fourth-order valence-corrected chi connectivity index (χ4v) is 3.12. The highest BCUT2D eigenvalue weighted by Gasteiger charge is 2.12. The van der Waals surface area contributed by atoms with Crippen LogP contribution in [0, 0.1) is 0 Å². The van der Waals surface area contributed by atoms with E-state index in [4.69, 9.17) is 15.2 Å². The number of methoxy groups -OCH3 is 1. The van der Waals surface area contributed by atoms with E-state index in [1.165, 1.54) is 7.11 Å². The number of benzene rings is 2. The molecule has 1 aliphatic rings. The van der Waals surface area contributed by atoms with Gasteiger partial charge in [-0.25, -0.2) is 0 Å². The van der Waals surface area contributed by atoms with Crippen molar-refractivity contribution in [2.24, 2.45) is 5.73 Å². The molecule has 0 spiro atoms. The second-order valence-corrected chi connectivity index (χ2v) is 6.68. The van der Waals surface area contributed by atoms with Gasteiger partial charge in [-0.15, -0.1) is 0 Å². The molecule has 0 aliphatic carbocycles. The summed E-state index contributed by atoms with van der Waals surface area (Å²) in [6.07, 6.45) is 0. The number of amides is 1. The van der Waals surface area contributed by atoms with Gasteiger partial charge in [0.1, 0.15) is 0 Å². The number of morpholine rings is 1. The zero-order valence-electron chi connectivity index (χ0n) is 16.5. The molecule has 30 heavy (non-hydrogen) atoms. The first-order valence-corrected chi connectivity index (χ1v) is 9.52. The second kappa shape index (κ2) is 8.75. The van der Waals surface area contributed by atoms with Crippen molar-refractivity contribution in [2.45, 2.75) is 0 Å². The topological polar surface area (TPSA) is 115 Å². The summed E-state index contributed by atoms with van der Waals surface area (Å²) in [4.78, 5) is 26.6. The van der Waals surface area contributed by atoms with Gasteiger partial charge in [0.2, 0.25) is 11.9 Å². The van der Waals surface area contributed by atoms with Gasteiger partial charge >= 0.3 is 6.01 Å². The van der Waals surface area contributed by atoms with Gasteiger partial charge in [0.05, 0.1) is 20.3 Å². The van der Waals surface area contributed by atoms with Crippen LogP contribution in [0.5, 0.6) is 6.01 Å². The molecular formula is C21H22N6O3. The van der Waals surface area contributed by atoms with Crippen LogP contribution < -0.4 is 20.7 Å². The summed E-state index contributed by atoms with van der Waals surface area (Å²) in [7, 11) is 1.50. The molecular weight excluding hydrogens is 384 g/mol.